The normalized spacial score (nSPS) is 18.6. The lowest BCUT2D eigenvalue weighted by Gasteiger charge is -2.18. The predicted octanol–water partition coefficient (Wildman–Crippen LogP) is 2.54. The summed E-state index contributed by atoms with van der Waals surface area (Å²) in [5, 5.41) is 16.6. The lowest BCUT2D eigenvalue weighted by atomic mass is 10.2. The highest BCUT2D eigenvalue weighted by molar-refractivity contribution is 7.16. The third kappa shape index (κ3) is 4.37. The maximum atomic E-state index is 10.0. The molecule has 0 saturated heterocycles. The zero-order chi connectivity index (χ0) is 13.7. The number of rotatable bonds is 4. The lowest BCUT2D eigenvalue weighted by molar-refractivity contribution is 0.184. The molecule has 0 spiro atoms. The molecule has 19 heavy (non-hydrogen) atoms. The van der Waals surface area contributed by atoms with Crippen molar-refractivity contribution in [2.24, 2.45) is 4.99 Å². The van der Waals surface area contributed by atoms with Crippen molar-refractivity contribution in [1.82, 2.24) is 10.6 Å². The monoisotopic (exact) mass is 301 g/mol. The van der Waals surface area contributed by atoms with E-state index in [-0.39, 0.29) is 0 Å². The summed E-state index contributed by atoms with van der Waals surface area (Å²) in [6.07, 6.45) is 4.41. The van der Waals surface area contributed by atoms with Crippen LogP contribution in [0, 0.1) is 0 Å². The van der Waals surface area contributed by atoms with Gasteiger partial charge in [0.05, 0.1) is 4.34 Å². The fourth-order valence-corrected chi connectivity index (χ4v) is 3.31. The Labute approximate surface area is 122 Å². The molecule has 106 valence electrons. The van der Waals surface area contributed by atoms with E-state index in [0.717, 1.165) is 10.8 Å². The van der Waals surface area contributed by atoms with Crippen molar-refractivity contribution in [1.29, 1.82) is 0 Å². The first kappa shape index (κ1) is 14.6. The molecular weight excluding hydrogens is 282 g/mol. The molecule has 1 aromatic rings. The summed E-state index contributed by atoms with van der Waals surface area (Å²) >= 11 is 7.26. The Bertz CT molecular complexity index is 429. The first-order chi connectivity index (χ1) is 9.19. The van der Waals surface area contributed by atoms with Gasteiger partial charge in [-0.25, -0.2) is 0 Å². The molecule has 0 amide bonds. The third-order valence-corrected chi connectivity index (χ3v) is 4.64. The molecule has 0 aromatic carbocycles. The molecule has 1 aliphatic carbocycles. The maximum absolute atomic E-state index is 10.0. The second-order valence-electron chi connectivity index (χ2n) is 4.74. The van der Waals surface area contributed by atoms with Crippen molar-refractivity contribution in [3.05, 3.63) is 21.3 Å². The summed E-state index contributed by atoms with van der Waals surface area (Å²) in [6, 6.07) is 4.17. The number of nitrogens with one attached hydrogen (secondary N) is 2. The van der Waals surface area contributed by atoms with E-state index in [9.17, 15) is 5.11 Å². The summed E-state index contributed by atoms with van der Waals surface area (Å²) in [6.45, 7) is 0.434. The van der Waals surface area contributed by atoms with Crippen molar-refractivity contribution in [2.75, 3.05) is 13.6 Å². The Morgan fingerprint density at radius 3 is 2.84 bits per heavy atom. The van der Waals surface area contributed by atoms with E-state index in [1.165, 1.54) is 37.0 Å². The van der Waals surface area contributed by atoms with Gasteiger partial charge in [-0.1, -0.05) is 24.4 Å². The topological polar surface area (TPSA) is 56.7 Å². The van der Waals surface area contributed by atoms with Gasteiger partial charge in [0.1, 0.15) is 6.10 Å². The number of aliphatic hydroxyl groups is 1. The van der Waals surface area contributed by atoms with Crippen LogP contribution in [0.15, 0.2) is 17.1 Å². The Morgan fingerprint density at radius 1 is 1.53 bits per heavy atom. The summed E-state index contributed by atoms with van der Waals surface area (Å²) in [5.74, 6) is 0.758. The molecule has 4 nitrogen and oxygen atoms in total. The Kier molecular flexibility index (Phi) is 5.48. The van der Waals surface area contributed by atoms with Crippen molar-refractivity contribution in [3.63, 3.8) is 0 Å². The zero-order valence-electron chi connectivity index (χ0n) is 11.0. The Hall–Kier alpha value is -0.780. The van der Waals surface area contributed by atoms with E-state index in [0.29, 0.717) is 16.9 Å². The van der Waals surface area contributed by atoms with Crippen LogP contribution >= 0.6 is 22.9 Å². The van der Waals surface area contributed by atoms with Gasteiger partial charge in [0.15, 0.2) is 5.96 Å². The number of thiophene rings is 1. The first-order valence-corrected chi connectivity index (χ1v) is 7.79. The predicted molar refractivity (Wildman–Crippen MR) is 81.0 cm³/mol. The number of halogens is 1. The third-order valence-electron chi connectivity index (χ3n) is 3.30. The number of aliphatic imine (C=N–C) groups is 1. The molecule has 1 aliphatic rings. The molecule has 1 saturated carbocycles. The van der Waals surface area contributed by atoms with Gasteiger partial charge in [0.25, 0.3) is 0 Å². The van der Waals surface area contributed by atoms with Gasteiger partial charge < -0.3 is 15.7 Å². The fourth-order valence-electron chi connectivity index (χ4n) is 2.26. The number of hydrogen-bond acceptors (Lipinski definition) is 3. The zero-order valence-corrected chi connectivity index (χ0v) is 12.6. The molecular formula is C13H20ClN3OS. The molecule has 1 fully saturated rings. The molecule has 0 aliphatic heterocycles. The van der Waals surface area contributed by atoms with Crippen molar-refractivity contribution in [2.45, 2.75) is 37.8 Å². The molecule has 0 bridgehead atoms. The average Bonchev–Trinajstić information content (AvgIpc) is 3.05. The van der Waals surface area contributed by atoms with Crippen LogP contribution in [0.4, 0.5) is 0 Å². The van der Waals surface area contributed by atoms with Gasteiger partial charge in [-0.3, -0.25) is 4.99 Å². The highest BCUT2D eigenvalue weighted by atomic mass is 35.5. The number of nitrogens with zero attached hydrogens (tertiary/aromatic N) is 1. The van der Waals surface area contributed by atoms with Gasteiger partial charge in [-0.15, -0.1) is 11.3 Å². The quantitative estimate of drug-likeness (QED) is 0.592. The molecule has 6 heteroatoms. The van der Waals surface area contributed by atoms with Crippen LogP contribution in [0.3, 0.4) is 0 Å². The second-order valence-corrected chi connectivity index (χ2v) is 6.48. The molecule has 1 atom stereocenters. The highest BCUT2D eigenvalue weighted by Gasteiger charge is 2.17. The summed E-state index contributed by atoms with van der Waals surface area (Å²) in [5.41, 5.74) is 0. The minimum atomic E-state index is -0.556. The largest absolute Gasteiger partial charge is 0.386 e. The van der Waals surface area contributed by atoms with E-state index in [1.54, 1.807) is 13.1 Å². The molecule has 0 radical (unpaired) electrons. The summed E-state index contributed by atoms with van der Waals surface area (Å²) in [7, 11) is 1.75. The van der Waals surface area contributed by atoms with E-state index < -0.39 is 6.10 Å². The van der Waals surface area contributed by atoms with E-state index >= 15 is 0 Å². The van der Waals surface area contributed by atoms with Crippen LogP contribution in [0.1, 0.15) is 36.7 Å². The maximum Gasteiger partial charge on any atom is 0.191 e. The Morgan fingerprint density at radius 2 is 2.26 bits per heavy atom. The van der Waals surface area contributed by atoms with E-state index in [1.807, 2.05) is 6.07 Å². The number of guanidine groups is 1. The highest BCUT2D eigenvalue weighted by Crippen LogP contribution is 2.26. The minimum Gasteiger partial charge on any atom is -0.386 e. The van der Waals surface area contributed by atoms with Gasteiger partial charge in [0.2, 0.25) is 0 Å². The lowest BCUT2D eigenvalue weighted by Crippen LogP contribution is -2.43. The minimum absolute atomic E-state index is 0.434. The molecule has 1 aromatic heterocycles. The van der Waals surface area contributed by atoms with Crippen LogP contribution in [0.25, 0.3) is 0 Å². The van der Waals surface area contributed by atoms with Crippen LogP contribution < -0.4 is 10.6 Å². The molecule has 1 unspecified atom stereocenters. The summed E-state index contributed by atoms with van der Waals surface area (Å²) in [4.78, 5) is 5.05. The van der Waals surface area contributed by atoms with Crippen molar-refractivity contribution in [3.8, 4) is 0 Å². The first-order valence-electron chi connectivity index (χ1n) is 6.59. The van der Waals surface area contributed by atoms with Crippen LogP contribution in [0.5, 0.6) is 0 Å². The fraction of sp³-hybridized carbons (Fsp3) is 0.615. The molecule has 1 heterocycles. The van der Waals surface area contributed by atoms with Crippen molar-refractivity contribution < 1.29 is 5.11 Å². The second kappa shape index (κ2) is 7.12. The summed E-state index contributed by atoms with van der Waals surface area (Å²) < 4.78 is 0.697. The van der Waals surface area contributed by atoms with Crippen LogP contribution in [-0.4, -0.2) is 30.7 Å². The van der Waals surface area contributed by atoms with Gasteiger partial charge in [-0.05, 0) is 25.0 Å². The van der Waals surface area contributed by atoms with Crippen LogP contribution in [-0.2, 0) is 0 Å². The molecule has 2 rings (SSSR count). The van der Waals surface area contributed by atoms with Gasteiger partial charge in [-0.2, -0.15) is 0 Å². The van der Waals surface area contributed by atoms with Crippen LogP contribution in [0.2, 0.25) is 4.34 Å². The Balaban J connectivity index is 1.79. The van der Waals surface area contributed by atoms with Crippen molar-refractivity contribution >= 4 is 28.9 Å². The molecule has 3 N–H and O–H groups in total. The standard InChI is InChI=1S/C13H20ClN3OS/c1-15-13(17-9-4-2-3-5-9)16-8-10(18)11-6-7-12(14)19-11/h6-7,9-10,18H,2-5,8H2,1H3,(H2,15,16,17). The van der Waals surface area contributed by atoms with E-state index in [2.05, 4.69) is 15.6 Å². The van der Waals surface area contributed by atoms with Gasteiger partial charge >= 0.3 is 0 Å². The van der Waals surface area contributed by atoms with E-state index in [4.69, 9.17) is 11.6 Å². The number of hydrogen-bond donors (Lipinski definition) is 3. The smallest absolute Gasteiger partial charge is 0.191 e. The van der Waals surface area contributed by atoms with Gasteiger partial charge in [0, 0.05) is 24.5 Å². The SMILES string of the molecule is CN=C(NCC(O)c1ccc(Cl)s1)NC1CCCC1. The average molecular weight is 302 g/mol. The number of aliphatic hydroxyl groups excluding tert-OH is 1.